The van der Waals surface area contributed by atoms with Crippen molar-refractivity contribution < 1.29 is 18.9 Å². The Morgan fingerprint density at radius 3 is 2.23 bits per heavy atom. The van der Waals surface area contributed by atoms with Crippen LogP contribution in [0.4, 0.5) is 0 Å². The number of nitriles is 1. The smallest absolute Gasteiger partial charge is 0.231 e. The maximum Gasteiger partial charge on any atom is 0.231 e. The zero-order valence-corrected chi connectivity index (χ0v) is 11.7. The van der Waals surface area contributed by atoms with Gasteiger partial charge < -0.3 is 18.9 Å². The molecule has 0 N–H and O–H groups in total. The molecule has 5 nitrogen and oxygen atoms in total. The second-order valence-corrected chi connectivity index (χ2v) is 5.19. The zero-order chi connectivity index (χ0) is 14.9. The van der Waals surface area contributed by atoms with Crippen LogP contribution in [0.15, 0.2) is 36.4 Å². The van der Waals surface area contributed by atoms with Crippen molar-refractivity contribution in [2.45, 2.75) is 12.3 Å². The highest BCUT2D eigenvalue weighted by atomic mass is 16.7. The third-order valence-corrected chi connectivity index (χ3v) is 3.83. The average Bonchev–Trinajstić information content (AvgIpc) is 3.19. The second-order valence-electron chi connectivity index (χ2n) is 5.19. The van der Waals surface area contributed by atoms with E-state index >= 15 is 0 Å². The molecule has 2 aliphatic heterocycles. The van der Waals surface area contributed by atoms with E-state index in [9.17, 15) is 5.26 Å². The van der Waals surface area contributed by atoms with Crippen LogP contribution in [0.2, 0.25) is 0 Å². The van der Waals surface area contributed by atoms with Crippen molar-refractivity contribution in [2.24, 2.45) is 0 Å². The van der Waals surface area contributed by atoms with Crippen LogP contribution in [0.25, 0.3) is 0 Å². The monoisotopic (exact) mass is 295 g/mol. The average molecular weight is 295 g/mol. The molecule has 0 radical (unpaired) electrons. The summed E-state index contributed by atoms with van der Waals surface area (Å²) in [7, 11) is 0. The number of fused-ring (bicyclic) bond motifs is 2. The number of hydrogen-bond acceptors (Lipinski definition) is 5. The van der Waals surface area contributed by atoms with E-state index in [1.54, 1.807) is 0 Å². The fraction of sp³-hybridized carbons (Fsp3) is 0.235. The third kappa shape index (κ3) is 2.19. The van der Waals surface area contributed by atoms with Gasteiger partial charge in [0.1, 0.15) is 0 Å². The molecule has 22 heavy (non-hydrogen) atoms. The van der Waals surface area contributed by atoms with Crippen LogP contribution in [-0.4, -0.2) is 13.6 Å². The molecule has 1 unspecified atom stereocenters. The molecule has 0 saturated carbocycles. The molecule has 2 aliphatic rings. The molecule has 110 valence electrons. The van der Waals surface area contributed by atoms with Gasteiger partial charge in [-0.1, -0.05) is 12.1 Å². The van der Waals surface area contributed by atoms with Crippen LogP contribution in [0, 0.1) is 11.3 Å². The standard InChI is InChI=1S/C17H13NO4/c18-8-13(12-2-4-15-17(7-12)22-10-20-15)5-11-1-3-14-16(6-11)21-9-19-14/h1-4,6-7,13H,5,9-10H2. The highest BCUT2D eigenvalue weighted by Crippen LogP contribution is 2.37. The van der Waals surface area contributed by atoms with E-state index in [-0.39, 0.29) is 19.5 Å². The summed E-state index contributed by atoms with van der Waals surface area (Å²) in [6.45, 7) is 0.487. The molecule has 5 heteroatoms. The Balaban J connectivity index is 1.59. The minimum absolute atomic E-state index is 0.234. The quantitative estimate of drug-likeness (QED) is 0.871. The fourth-order valence-corrected chi connectivity index (χ4v) is 2.67. The summed E-state index contributed by atoms with van der Waals surface area (Å²) in [6, 6.07) is 13.8. The molecule has 0 saturated heterocycles. The molecule has 0 fully saturated rings. The molecule has 1 atom stereocenters. The van der Waals surface area contributed by atoms with Crippen molar-refractivity contribution >= 4 is 0 Å². The van der Waals surface area contributed by atoms with Crippen LogP contribution >= 0.6 is 0 Å². The Morgan fingerprint density at radius 1 is 0.864 bits per heavy atom. The van der Waals surface area contributed by atoms with Crippen LogP contribution < -0.4 is 18.9 Å². The normalized spacial score (nSPS) is 15.4. The van der Waals surface area contributed by atoms with Gasteiger partial charge in [0.2, 0.25) is 13.6 Å². The van der Waals surface area contributed by atoms with Crippen LogP contribution in [0.3, 0.4) is 0 Å². The van der Waals surface area contributed by atoms with Gasteiger partial charge >= 0.3 is 0 Å². The second kappa shape index (κ2) is 5.15. The molecule has 0 spiro atoms. The van der Waals surface area contributed by atoms with Crippen molar-refractivity contribution in [3.8, 4) is 29.1 Å². The largest absolute Gasteiger partial charge is 0.454 e. The minimum atomic E-state index is -0.255. The summed E-state index contributed by atoms with van der Waals surface area (Å²) in [6.07, 6.45) is 0.604. The first kappa shape index (κ1) is 12.8. The lowest BCUT2D eigenvalue weighted by atomic mass is 9.93. The Labute approximate surface area is 127 Å². The molecule has 2 aromatic rings. The first-order valence-corrected chi connectivity index (χ1v) is 7.01. The summed E-state index contributed by atoms with van der Waals surface area (Å²) in [5.41, 5.74) is 1.96. The van der Waals surface area contributed by atoms with Gasteiger partial charge in [0.05, 0.1) is 12.0 Å². The topological polar surface area (TPSA) is 60.7 Å². The van der Waals surface area contributed by atoms with Crippen molar-refractivity contribution in [3.63, 3.8) is 0 Å². The van der Waals surface area contributed by atoms with Gasteiger partial charge in [-0.15, -0.1) is 0 Å². The van der Waals surface area contributed by atoms with Crippen molar-refractivity contribution in [3.05, 3.63) is 47.5 Å². The summed E-state index contributed by atoms with van der Waals surface area (Å²) in [5, 5.41) is 9.50. The SMILES string of the molecule is N#CC(Cc1ccc2c(c1)OCO2)c1ccc2c(c1)OCO2. The van der Waals surface area contributed by atoms with E-state index in [1.807, 2.05) is 36.4 Å². The Bertz CT molecular complexity index is 766. The molecular formula is C17H13NO4. The van der Waals surface area contributed by atoms with E-state index in [2.05, 4.69) is 6.07 Å². The Kier molecular flexibility index (Phi) is 3.01. The highest BCUT2D eigenvalue weighted by Gasteiger charge is 2.20. The Hall–Kier alpha value is -2.87. The van der Waals surface area contributed by atoms with Crippen LogP contribution in [-0.2, 0) is 6.42 Å². The minimum Gasteiger partial charge on any atom is -0.454 e. The maximum absolute atomic E-state index is 9.50. The summed E-state index contributed by atoms with van der Waals surface area (Å²) in [5.74, 6) is 2.65. The van der Waals surface area contributed by atoms with E-state index in [0.29, 0.717) is 12.2 Å². The lowest BCUT2D eigenvalue weighted by molar-refractivity contribution is 0.173. The lowest BCUT2D eigenvalue weighted by Crippen LogP contribution is -2.00. The van der Waals surface area contributed by atoms with E-state index < -0.39 is 0 Å². The predicted molar refractivity (Wildman–Crippen MR) is 77.2 cm³/mol. The molecule has 4 rings (SSSR count). The predicted octanol–water partition coefficient (Wildman–Crippen LogP) is 2.99. The van der Waals surface area contributed by atoms with Crippen molar-refractivity contribution in [2.75, 3.05) is 13.6 Å². The van der Waals surface area contributed by atoms with Gasteiger partial charge in [-0.05, 0) is 41.8 Å². The van der Waals surface area contributed by atoms with E-state index in [1.165, 1.54) is 0 Å². The van der Waals surface area contributed by atoms with Crippen molar-refractivity contribution in [1.29, 1.82) is 5.26 Å². The van der Waals surface area contributed by atoms with E-state index in [4.69, 9.17) is 18.9 Å². The van der Waals surface area contributed by atoms with Crippen LogP contribution in [0.1, 0.15) is 17.0 Å². The summed E-state index contributed by atoms with van der Waals surface area (Å²) in [4.78, 5) is 0. The van der Waals surface area contributed by atoms with Gasteiger partial charge in [0.15, 0.2) is 23.0 Å². The number of rotatable bonds is 3. The molecule has 0 amide bonds. The number of ether oxygens (including phenoxy) is 4. The summed E-state index contributed by atoms with van der Waals surface area (Å²) >= 11 is 0. The summed E-state index contributed by atoms with van der Waals surface area (Å²) < 4.78 is 21.4. The first-order valence-electron chi connectivity index (χ1n) is 7.01. The molecule has 0 bridgehead atoms. The third-order valence-electron chi connectivity index (χ3n) is 3.83. The van der Waals surface area contributed by atoms with E-state index in [0.717, 1.165) is 28.4 Å². The number of hydrogen-bond donors (Lipinski definition) is 0. The fourth-order valence-electron chi connectivity index (χ4n) is 2.67. The molecule has 0 aromatic heterocycles. The zero-order valence-electron chi connectivity index (χ0n) is 11.7. The lowest BCUT2D eigenvalue weighted by Gasteiger charge is -2.11. The van der Waals surface area contributed by atoms with Gasteiger partial charge in [0, 0.05) is 0 Å². The molecule has 2 aromatic carbocycles. The molecule has 0 aliphatic carbocycles. The van der Waals surface area contributed by atoms with Gasteiger partial charge in [-0.2, -0.15) is 5.26 Å². The van der Waals surface area contributed by atoms with Gasteiger partial charge in [-0.25, -0.2) is 0 Å². The Morgan fingerprint density at radius 2 is 1.50 bits per heavy atom. The number of benzene rings is 2. The highest BCUT2D eigenvalue weighted by molar-refractivity contribution is 5.48. The van der Waals surface area contributed by atoms with Gasteiger partial charge in [0.25, 0.3) is 0 Å². The first-order chi connectivity index (χ1) is 10.8. The van der Waals surface area contributed by atoms with Gasteiger partial charge in [-0.3, -0.25) is 0 Å². The van der Waals surface area contributed by atoms with Crippen LogP contribution in [0.5, 0.6) is 23.0 Å². The maximum atomic E-state index is 9.50. The number of nitrogens with zero attached hydrogens (tertiary/aromatic N) is 1. The molecular weight excluding hydrogens is 282 g/mol. The molecule has 2 heterocycles. The van der Waals surface area contributed by atoms with Crippen molar-refractivity contribution in [1.82, 2.24) is 0 Å².